The largest absolute Gasteiger partial charge is 0.464 e. The van der Waals surface area contributed by atoms with Crippen LogP contribution in [0.2, 0.25) is 0 Å². The molecule has 26 heavy (non-hydrogen) atoms. The number of unbranched alkanes of at least 4 members (excludes halogenated alkanes) is 2. The first kappa shape index (κ1) is 23.8. The molecule has 0 spiro atoms. The number of hydrogen-bond acceptors (Lipinski definition) is 5. The predicted octanol–water partition coefficient (Wildman–Crippen LogP) is 2.53. The number of ether oxygens (including phenoxy) is 2. The molecule has 0 aliphatic carbocycles. The Hall–Kier alpha value is -2.23. The van der Waals surface area contributed by atoms with Gasteiger partial charge in [-0.2, -0.15) is 0 Å². The minimum Gasteiger partial charge on any atom is -0.464 e. The molecule has 0 bridgehead atoms. The first-order chi connectivity index (χ1) is 12.5. The van der Waals surface area contributed by atoms with E-state index in [4.69, 9.17) is 15.9 Å². The van der Waals surface area contributed by atoms with E-state index in [9.17, 15) is 14.4 Å². The molecule has 2 unspecified atom stereocenters. The zero-order valence-corrected chi connectivity index (χ0v) is 16.1. The van der Waals surface area contributed by atoms with Gasteiger partial charge in [-0.05, 0) is 19.3 Å². The molecular weight excluding hydrogens is 336 g/mol. The molecule has 0 heterocycles. The molecule has 0 rings (SSSR count). The van der Waals surface area contributed by atoms with Gasteiger partial charge < -0.3 is 20.1 Å². The molecule has 7 heteroatoms. The maximum Gasteiger partial charge on any atom is 0.408 e. The van der Waals surface area contributed by atoms with Gasteiger partial charge in [0.1, 0.15) is 12.1 Å². The molecule has 0 aromatic carbocycles. The summed E-state index contributed by atoms with van der Waals surface area (Å²) in [6.07, 6.45) is 9.37. The van der Waals surface area contributed by atoms with Crippen LogP contribution in [0, 0.1) is 12.3 Å². The van der Waals surface area contributed by atoms with Crippen molar-refractivity contribution >= 4 is 18.0 Å². The van der Waals surface area contributed by atoms with Crippen molar-refractivity contribution < 1.29 is 23.9 Å². The first-order valence-electron chi connectivity index (χ1n) is 9.33. The smallest absolute Gasteiger partial charge is 0.408 e. The molecule has 2 amide bonds. The molecular formula is C19H32N2O5. The third-order valence-corrected chi connectivity index (χ3v) is 3.64. The van der Waals surface area contributed by atoms with Crippen molar-refractivity contribution in [2.45, 2.75) is 77.8 Å². The lowest BCUT2D eigenvalue weighted by atomic mass is 10.1. The van der Waals surface area contributed by atoms with E-state index in [1.165, 1.54) is 0 Å². The highest BCUT2D eigenvalue weighted by atomic mass is 16.5. The van der Waals surface area contributed by atoms with Crippen LogP contribution in [-0.2, 0) is 19.1 Å². The SMILES string of the molecule is C#CCOC(=O)NC(CCC)C(=O)NC(CCC)C(=O)OCCCCC. The monoisotopic (exact) mass is 368 g/mol. The fourth-order valence-corrected chi connectivity index (χ4v) is 2.28. The maximum absolute atomic E-state index is 12.5. The lowest BCUT2D eigenvalue weighted by molar-refractivity contribution is -0.148. The Morgan fingerprint density at radius 1 is 0.923 bits per heavy atom. The molecule has 0 saturated carbocycles. The van der Waals surface area contributed by atoms with Gasteiger partial charge in [-0.1, -0.05) is 52.4 Å². The van der Waals surface area contributed by atoms with Crippen molar-refractivity contribution in [3.63, 3.8) is 0 Å². The van der Waals surface area contributed by atoms with Gasteiger partial charge in [-0.15, -0.1) is 6.42 Å². The van der Waals surface area contributed by atoms with Gasteiger partial charge in [-0.25, -0.2) is 9.59 Å². The number of alkyl carbamates (subject to hydrolysis) is 1. The molecule has 0 aliphatic heterocycles. The van der Waals surface area contributed by atoms with Crippen molar-refractivity contribution in [2.24, 2.45) is 0 Å². The molecule has 0 saturated heterocycles. The summed E-state index contributed by atoms with van der Waals surface area (Å²) >= 11 is 0. The van der Waals surface area contributed by atoms with Crippen LogP contribution in [0.3, 0.4) is 0 Å². The number of amides is 2. The quantitative estimate of drug-likeness (QED) is 0.296. The first-order valence-corrected chi connectivity index (χ1v) is 9.33. The Morgan fingerprint density at radius 2 is 1.58 bits per heavy atom. The van der Waals surface area contributed by atoms with Crippen molar-refractivity contribution in [2.75, 3.05) is 13.2 Å². The van der Waals surface area contributed by atoms with E-state index < -0.39 is 30.1 Å². The number of esters is 1. The Balaban J connectivity index is 4.71. The van der Waals surface area contributed by atoms with Crippen LogP contribution in [0.25, 0.3) is 0 Å². The van der Waals surface area contributed by atoms with E-state index in [-0.39, 0.29) is 6.61 Å². The summed E-state index contributed by atoms with van der Waals surface area (Å²) in [7, 11) is 0. The molecule has 7 nitrogen and oxygen atoms in total. The Kier molecular flexibility index (Phi) is 13.8. The van der Waals surface area contributed by atoms with Gasteiger partial charge in [0.2, 0.25) is 5.91 Å². The fourth-order valence-electron chi connectivity index (χ4n) is 2.28. The molecule has 0 aromatic rings. The van der Waals surface area contributed by atoms with E-state index >= 15 is 0 Å². The highest BCUT2D eigenvalue weighted by molar-refractivity contribution is 5.89. The van der Waals surface area contributed by atoms with E-state index in [0.717, 1.165) is 19.3 Å². The highest BCUT2D eigenvalue weighted by Crippen LogP contribution is 2.05. The average molecular weight is 368 g/mol. The van der Waals surface area contributed by atoms with Crippen LogP contribution in [0.4, 0.5) is 4.79 Å². The lowest BCUT2D eigenvalue weighted by Gasteiger charge is -2.22. The summed E-state index contributed by atoms with van der Waals surface area (Å²) in [6.45, 7) is 6.05. The van der Waals surface area contributed by atoms with Crippen LogP contribution in [0.15, 0.2) is 0 Å². The van der Waals surface area contributed by atoms with Gasteiger partial charge in [0.25, 0.3) is 0 Å². The molecule has 2 N–H and O–H groups in total. The van der Waals surface area contributed by atoms with E-state index in [0.29, 0.717) is 32.3 Å². The lowest BCUT2D eigenvalue weighted by Crippen LogP contribution is -2.52. The van der Waals surface area contributed by atoms with Crippen molar-refractivity contribution in [1.29, 1.82) is 0 Å². The molecule has 2 atom stereocenters. The molecule has 0 fully saturated rings. The average Bonchev–Trinajstić information content (AvgIpc) is 2.62. The summed E-state index contributed by atoms with van der Waals surface area (Å²) in [5.41, 5.74) is 0. The van der Waals surface area contributed by atoms with Gasteiger partial charge in [-0.3, -0.25) is 4.79 Å². The standard InChI is InChI=1S/C19H32N2O5/c1-5-9-10-14-25-18(23)16(12-7-3)20-17(22)15(11-6-2)21-19(24)26-13-8-4/h4,15-16H,5-7,9-14H2,1-3H3,(H,20,22)(H,21,24). The molecule has 0 aromatic heterocycles. The number of rotatable bonds is 13. The maximum atomic E-state index is 12.5. The predicted molar refractivity (Wildman–Crippen MR) is 99.3 cm³/mol. The number of terminal acetylenes is 1. The second-order valence-corrected chi connectivity index (χ2v) is 5.99. The zero-order chi connectivity index (χ0) is 19.8. The van der Waals surface area contributed by atoms with E-state index in [1.54, 1.807) is 0 Å². The van der Waals surface area contributed by atoms with Gasteiger partial charge >= 0.3 is 12.1 Å². The number of carbonyl (C=O) groups excluding carboxylic acids is 3. The molecule has 0 radical (unpaired) electrons. The number of carbonyl (C=O) groups is 3. The third kappa shape index (κ3) is 10.6. The Morgan fingerprint density at radius 3 is 2.15 bits per heavy atom. The van der Waals surface area contributed by atoms with Crippen LogP contribution in [-0.4, -0.2) is 43.3 Å². The minimum atomic E-state index is -0.794. The van der Waals surface area contributed by atoms with Crippen molar-refractivity contribution in [3.8, 4) is 12.3 Å². The Labute approximate surface area is 156 Å². The summed E-state index contributed by atoms with van der Waals surface area (Å²) in [4.78, 5) is 36.3. The van der Waals surface area contributed by atoms with Gasteiger partial charge in [0, 0.05) is 0 Å². The van der Waals surface area contributed by atoms with Crippen LogP contribution >= 0.6 is 0 Å². The van der Waals surface area contributed by atoms with Crippen LogP contribution < -0.4 is 10.6 Å². The van der Waals surface area contributed by atoms with Gasteiger partial charge in [0.05, 0.1) is 6.61 Å². The summed E-state index contributed by atoms with van der Waals surface area (Å²) in [5.74, 6) is 1.30. The highest BCUT2D eigenvalue weighted by Gasteiger charge is 2.27. The minimum absolute atomic E-state index is 0.172. The fraction of sp³-hybridized carbons (Fsp3) is 0.737. The van der Waals surface area contributed by atoms with E-state index in [1.807, 2.05) is 13.8 Å². The van der Waals surface area contributed by atoms with Crippen LogP contribution in [0.1, 0.15) is 65.7 Å². The second-order valence-electron chi connectivity index (χ2n) is 5.99. The van der Waals surface area contributed by atoms with E-state index in [2.05, 4.69) is 23.5 Å². The normalized spacial score (nSPS) is 12.4. The van der Waals surface area contributed by atoms with Gasteiger partial charge in [0.15, 0.2) is 6.61 Å². The van der Waals surface area contributed by atoms with Crippen molar-refractivity contribution in [1.82, 2.24) is 10.6 Å². The van der Waals surface area contributed by atoms with Crippen molar-refractivity contribution in [3.05, 3.63) is 0 Å². The summed E-state index contributed by atoms with van der Waals surface area (Å²) in [6, 6.07) is -1.52. The zero-order valence-electron chi connectivity index (χ0n) is 16.1. The summed E-state index contributed by atoms with van der Waals surface area (Å²) < 4.78 is 9.98. The molecule has 148 valence electrons. The van der Waals surface area contributed by atoms with Crippen LogP contribution in [0.5, 0.6) is 0 Å². The molecule has 0 aliphatic rings. The summed E-state index contributed by atoms with van der Waals surface area (Å²) in [5, 5.41) is 5.16. The number of hydrogen-bond donors (Lipinski definition) is 2. The number of nitrogens with one attached hydrogen (secondary N) is 2. The third-order valence-electron chi connectivity index (χ3n) is 3.64. The Bertz CT molecular complexity index is 473. The second kappa shape index (κ2) is 15.1. The topological polar surface area (TPSA) is 93.7 Å².